The molecular formula is C26H20ClN3O3S2. The standard InChI is InChI=1S/C26H20ClN3O3S2/c1-16-13-22(30-35(31,32)21-8-4-6-19(27)15-21)24-23(18-5-3-7-20(14-18)33-2)25(34-26(24)29-16)17-9-11-28-12-10-17/h3-15H,1-2H3,(H,29,30). The summed E-state index contributed by atoms with van der Waals surface area (Å²) in [4.78, 5) is 10.6. The smallest absolute Gasteiger partial charge is 0.261 e. The minimum absolute atomic E-state index is 0.0835. The monoisotopic (exact) mass is 521 g/mol. The van der Waals surface area contributed by atoms with E-state index < -0.39 is 10.0 Å². The molecule has 0 amide bonds. The van der Waals surface area contributed by atoms with Gasteiger partial charge in [-0.2, -0.15) is 0 Å². The number of methoxy groups -OCH3 is 1. The van der Waals surface area contributed by atoms with Crippen molar-refractivity contribution in [3.05, 3.63) is 89.8 Å². The van der Waals surface area contributed by atoms with Gasteiger partial charge in [-0.25, -0.2) is 13.4 Å². The van der Waals surface area contributed by atoms with E-state index >= 15 is 0 Å². The number of anilines is 1. The molecule has 6 nitrogen and oxygen atoms in total. The van der Waals surface area contributed by atoms with Crippen LogP contribution in [0.2, 0.25) is 5.02 Å². The van der Waals surface area contributed by atoms with Gasteiger partial charge < -0.3 is 4.74 Å². The maximum Gasteiger partial charge on any atom is 0.261 e. The molecule has 5 aromatic rings. The molecule has 0 saturated heterocycles. The van der Waals surface area contributed by atoms with Crippen LogP contribution < -0.4 is 9.46 Å². The number of fused-ring (bicyclic) bond motifs is 1. The summed E-state index contributed by atoms with van der Waals surface area (Å²) in [6.45, 7) is 1.84. The van der Waals surface area contributed by atoms with Crippen LogP contribution in [-0.4, -0.2) is 25.5 Å². The summed E-state index contributed by atoms with van der Waals surface area (Å²) in [5.41, 5.74) is 3.85. The van der Waals surface area contributed by atoms with Gasteiger partial charge in [-0.05, 0) is 66.6 Å². The predicted molar refractivity (Wildman–Crippen MR) is 142 cm³/mol. The first-order valence-electron chi connectivity index (χ1n) is 10.6. The van der Waals surface area contributed by atoms with Gasteiger partial charge in [-0.1, -0.05) is 29.8 Å². The van der Waals surface area contributed by atoms with E-state index in [2.05, 4.69) is 9.71 Å². The van der Waals surface area contributed by atoms with Crippen molar-refractivity contribution in [1.29, 1.82) is 0 Å². The topological polar surface area (TPSA) is 81.2 Å². The van der Waals surface area contributed by atoms with Gasteiger partial charge in [0, 0.05) is 38.9 Å². The molecule has 5 rings (SSSR count). The lowest BCUT2D eigenvalue weighted by molar-refractivity contribution is 0.415. The Morgan fingerprint density at radius 2 is 1.74 bits per heavy atom. The number of nitrogens with one attached hydrogen (secondary N) is 1. The third-order valence-corrected chi connectivity index (χ3v) is 8.17. The van der Waals surface area contributed by atoms with Gasteiger partial charge in [0.15, 0.2) is 0 Å². The van der Waals surface area contributed by atoms with Crippen LogP contribution >= 0.6 is 22.9 Å². The highest BCUT2D eigenvalue weighted by Crippen LogP contribution is 2.47. The molecule has 2 aromatic carbocycles. The number of ether oxygens (including phenoxy) is 1. The van der Waals surface area contributed by atoms with E-state index in [0.29, 0.717) is 27.5 Å². The highest BCUT2D eigenvalue weighted by Gasteiger charge is 2.23. The van der Waals surface area contributed by atoms with Crippen molar-refractivity contribution < 1.29 is 13.2 Å². The summed E-state index contributed by atoms with van der Waals surface area (Å²) < 4.78 is 34.9. The molecule has 1 N–H and O–H groups in total. The third-order valence-electron chi connectivity index (χ3n) is 5.44. The number of aromatic nitrogens is 2. The van der Waals surface area contributed by atoms with Gasteiger partial charge in [0.2, 0.25) is 0 Å². The number of thiophene rings is 1. The van der Waals surface area contributed by atoms with Crippen molar-refractivity contribution in [3.63, 3.8) is 0 Å². The Morgan fingerprint density at radius 3 is 2.49 bits per heavy atom. The second-order valence-corrected chi connectivity index (χ2v) is 10.9. The summed E-state index contributed by atoms with van der Waals surface area (Å²) in [5, 5.41) is 1.06. The van der Waals surface area contributed by atoms with Gasteiger partial charge in [0.25, 0.3) is 10.0 Å². The molecule has 0 atom stereocenters. The first-order valence-corrected chi connectivity index (χ1v) is 13.3. The quantitative estimate of drug-likeness (QED) is 0.266. The van der Waals surface area contributed by atoms with Crippen LogP contribution in [0.15, 0.2) is 84.0 Å². The van der Waals surface area contributed by atoms with E-state index in [1.165, 1.54) is 23.5 Å². The third kappa shape index (κ3) is 4.60. The van der Waals surface area contributed by atoms with E-state index in [1.54, 1.807) is 37.7 Å². The predicted octanol–water partition coefficient (Wildman–Crippen LogP) is 6.80. The number of aryl methyl sites for hydroxylation is 1. The van der Waals surface area contributed by atoms with Crippen molar-refractivity contribution in [3.8, 4) is 27.3 Å². The SMILES string of the molecule is COc1cccc(-c2c(-c3ccncc3)sc3nc(C)cc(NS(=O)(=O)c4cccc(Cl)c4)c23)c1. The zero-order valence-electron chi connectivity index (χ0n) is 18.8. The van der Waals surface area contributed by atoms with Gasteiger partial charge >= 0.3 is 0 Å². The van der Waals surface area contributed by atoms with Gasteiger partial charge in [0.05, 0.1) is 17.7 Å². The van der Waals surface area contributed by atoms with Crippen molar-refractivity contribution in [2.75, 3.05) is 11.8 Å². The Bertz CT molecular complexity index is 1650. The molecule has 176 valence electrons. The Hall–Kier alpha value is -3.46. The average Bonchev–Trinajstić information content (AvgIpc) is 3.24. The highest BCUT2D eigenvalue weighted by molar-refractivity contribution is 7.92. The molecule has 0 fully saturated rings. The summed E-state index contributed by atoms with van der Waals surface area (Å²) in [6.07, 6.45) is 3.47. The van der Waals surface area contributed by atoms with E-state index in [9.17, 15) is 8.42 Å². The molecule has 0 unspecified atom stereocenters. The Morgan fingerprint density at radius 1 is 0.971 bits per heavy atom. The fourth-order valence-electron chi connectivity index (χ4n) is 3.90. The van der Waals surface area contributed by atoms with Crippen molar-refractivity contribution >= 4 is 48.9 Å². The summed E-state index contributed by atoms with van der Waals surface area (Å²) in [6, 6.07) is 19.5. The summed E-state index contributed by atoms with van der Waals surface area (Å²) >= 11 is 7.56. The van der Waals surface area contributed by atoms with Crippen LogP contribution in [0.5, 0.6) is 5.75 Å². The molecule has 0 aliphatic rings. The van der Waals surface area contributed by atoms with Crippen LogP contribution in [0.25, 0.3) is 31.8 Å². The summed E-state index contributed by atoms with van der Waals surface area (Å²) in [7, 11) is -2.29. The average molecular weight is 522 g/mol. The number of sulfonamides is 1. The largest absolute Gasteiger partial charge is 0.497 e. The van der Waals surface area contributed by atoms with Gasteiger partial charge in [-0.3, -0.25) is 9.71 Å². The van der Waals surface area contributed by atoms with Crippen molar-refractivity contribution in [1.82, 2.24) is 9.97 Å². The molecular weight excluding hydrogens is 502 g/mol. The molecule has 0 spiro atoms. The molecule has 0 radical (unpaired) electrons. The lowest BCUT2D eigenvalue weighted by atomic mass is 9.99. The highest BCUT2D eigenvalue weighted by atomic mass is 35.5. The number of halogens is 1. The normalized spacial score (nSPS) is 11.5. The van der Waals surface area contributed by atoms with Crippen LogP contribution in [0.1, 0.15) is 5.69 Å². The summed E-state index contributed by atoms with van der Waals surface area (Å²) in [5.74, 6) is 0.698. The second kappa shape index (κ2) is 9.30. The number of benzene rings is 2. The molecule has 0 aliphatic carbocycles. The van der Waals surface area contributed by atoms with Crippen molar-refractivity contribution in [2.24, 2.45) is 0 Å². The number of hydrogen-bond donors (Lipinski definition) is 1. The molecule has 0 aliphatic heterocycles. The lowest BCUT2D eigenvalue weighted by Gasteiger charge is -2.13. The Balaban J connectivity index is 1.79. The fourth-order valence-corrected chi connectivity index (χ4v) is 6.54. The number of hydrogen-bond acceptors (Lipinski definition) is 6. The lowest BCUT2D eigenvalue weighted by Crippen LogP contribution is -2.13. The van der Waals surface area contributed by atoms with Crippen LogP contribution in [0, 0.1) is 6.92 Å². The maximum absolute atomic E-state index is 13.3. The Labute approximate surface area is 212 Å². The minimum atomic E-state index is -3.90. The molecule has 3 heterocycles. The van der Waals surface area contributed by atoms with Crippen LogP contribution in [0.3, 0.4) is 0 Å². The van der Waals surface area contributed by atoms with E-state index in [4.69, 9.17) is 21.3 Å². The number of nitrogens with zero attached hydrogens (tertiary/aromatic N) is 2. The van der Waals surface area contributed by atoms with E-state index in [1.807, 2.05) is 43.3 Å². The van der Waals surface area contributed by atoms with Crippen LogP contribution in [0.4, 0.5) is 5.69 Å². The fraction of sp³-hybridized carbons (Fsp3) is 0.0769. The van der Waals surface area contributed by atoms with Crippen LogP contribution in [-0.2, 0) is 10.0 Å². The zero-order chi connectivity index (χ0) is 24.6. The van der Waals surface area contributed by atoms with E-state index in [0.717, 1.165) is 26.4 Å². The van der Waals surface area contributed by atoms with Gasteiger partial charge in [-0.15, -0.1) is 11.3 Å². The molecule has 35 heavy (non-hydrogen) atoms. The number of rotatable bonds is 6. The van der Waals surface area contributed by atoms with E-state index in [-0.39, 0.29) is 4.90 Å². The first kappa shape index (κ1) is 23.3. The number of pyridine rings is 2. The molecule has 0 saturated carbocycles. The molecule has 3 aromatic heterocycles. The second-order valence-electron chi connectivity index (χ2n) is 7.83. The van der Waals surface area contributed by atoms with Gasteiger partial charge in [0.1, 0.15) is 10.6 Å². The maximum atomic E-state index is 13.3. The minimum Gasteiger partial charge on any atom is -0.497 e. The Kier molecular flexibility index (Phi) is 6.19. The molecule has 9 heteroatoms. The first-order chi connectivity index (χ1) is 16.9. The van der Waals surface area contributed by atoms with Crippen molar-refractivity contribution in [2.45, 2.75) is 11.8 Å². The zero-order valence-corrected chi connectivity index (χ0v) is 21.2. The molecule has 0 bridgehead atoms.